The average Bonchev–Trinajstić information content (AvgIpc) is 2.75. The Morgan fingerprint density at radius 3 is 2.38 bits per heavy atom. The molecular weight excluding hydrogens is 376 g/mol. The maximum Gasteiger partial charge on any atom is 0.338 e. The summed E-state index contributed by atoms with van der Waals surface area (Å²) in [6.45, 7) is 4.07. The van der Waals surface area contributed by atoms with Crippen LogP contribution in [0.5, 0.6) is 5.75 Å². The van der Waals surface area contributed by atoms with E-state index in [1.807, 2.05) is 6.92 Å². The molecule has 2 aromatic rings. The van der Waals surface area contributed by atoms with Gasteiger partial charge in [-0.15, -0.1) is 0 Å². The van der Waals surface area contributed by atoms with Crippen molar-refractivity contribution < 1.29 is 28.6 Å². The number of esters is 1. The zero-order valence-corrected chi connectivity index (χ0v) is 16.6. The standard InChI is InChI=1S/C21H24N2O6/c1-4-28-13-17-12-16(10-11-18(17)27-3)21(26)29-14(2)19(24)22-23-20(25)15-8-6-5-7-9-15/h5-12,14H,4,13H2,1-3H3,(H,22,24)(H,23,25)/t14-/m0/s1. The van der Waals surface area contributed by atoms with Crippen molar-refractivity contribution in [1.29, 1.82) is 0 Å². The van der Waals surface area contributed by atoms with Gasteiger partial charge in [0, 0.05) is 17.7 Å². The molecule has 29 heavy (non-hydrogen) atoms. The van der Waals surface area contributed by atoms with Crippen LogP contribution in [0.15, 0.2) is 48.5 Å². The molecule has 0 spiro atoms. The molecule has 154 valence electrons. The van der Waals surface area contributed by atoms with E-state index >= 15 is 0 Å². The highest BCUT2D eigenvalue weighted by molar-refractivity contribution is 5.96. The number of ether oxygens (including phenoxy) is 3. The Balaban J connectivity index is 1.93. The monoisotopic (exact) mass is 400 g/mol. The van der Waals surface area contributed by atoms with Gasteiger partial charge < -0.3 is 14.2 Å². The van der Waals surface area contributed by atoms with Gasteiger partial charge in [-0.2, -0.15) is 0 Å². The van der Waals surface area contributed by atoms with Gasteiger partial charge in [-0.25, -0.2) is 4.79 Å². The van der Waals surface area contributed by atoms with E-state index in [1.165, 1.54) is 14.0 Å². The number of hydrazine groups is 1. The van der Waals surface area contributed by atoms with E-state index in [1.54, 1.807) is 48.5 Å². The fraction of sp³-hybridized carbons (Fsp3) is 0.286. The lowest BCUT2D eigenvalue weighted by atomic mass is 10.1. The summed E-state index contributed by atoms with van der Waals surface area (Å²) >= 11 is 0. The number of carbonyl (C=O) groups is 3. The zero-order valence-electron chi connectivity index (χ0n) is 16.6. The van der Waals surface area contributed by atoms with Gasteiger partial charge in [0.1, 0.15) is 5.75 Å². The van der Waals surface area contributed by atoms with Gasteiger partial charge in [-0.3, -0.25) is 20.4 Å². The minimum atomic E-state index is -1.11. The number of hydrogen-bond donors (Lipinski definition) is 2. The van der Waals surface area contributed by atoms with Gasteiger partial charge >= 0.3 is 5.97 Å². The molecule has 0 saturated carbocycles. The summed E-state index contributed by atoms with van der Waals surface area (Å²) < 4.78 is 15.8. The smallest absolute Gasteiger partial charge is 0.338 e. The summed E-state index contributed by atoms with van der Waals surface area (Å²) in [5.41, 5.74) is 5.85. The Morgan fingerprint density at radius 1 is 1.00 bits per heavy atom. The molecule has 2 amide bonds. The third kappa shape index (κ3) is 6.32. The van der Waals surface area contributed by atoms with Gasteiger partial charge in [0.2, 0.25) is 0 Å². The second-order valence-corrected chi connectivity index (χ2v) is 6.02. The van der Waals surface area contributed by atoms with Crippen molar-refractivity contribution in [2.45, 2.75) is 26.6 Å². The first-order valence-electron chi connectivity index (χ1n) is 9.07. The van der Waals surface area contributed by atoms with Crippen LogP contribution in [0, 0.1) is 0 Å². The van der Waals surface area contributed by atoms with E-state index < -0.39 is 23.9 Å². The Labute approximate surface area is 169 Å². The van der Waals surface area contributed by atoms with Gasteiger partial charge in [0.15, 0.2) is 6.10 Å². The molecule has 2 rings (SSSR count). The molecule has 0 fully saturated rings. The van der Waals surface area contributed by atoms with E-state index in [0.29, 0.717) is 23.5 Å². The van der Waals surface area contributed by atoms with Crippen LogP contribution in [0.25, 0.3) is 0 Å². The number of hydrogen-bond acceptors (Lipinski definition) is 6. The molecule has 0 aliphatic rings. The van der Waals surface area contributed by atoms with Crippen molar-refractivity contribution in [1.82, 2.24) is 10.9 Å². The van der Waals surface area contributed by atoms with E-state index in [9.17, 15) is 14.4 Å². The molecule has 2 aromatic carbocycles. The van der Waals surface area contributed by atoms with E-state index in [0.717, 1.165) is 0 Å². The molecule has 0 aromatic heterocycles. The summed E-state index contributed by atoms with van der Waals surface area (Å²) in [6, 6.07) is 13.2. The molecule has 0 radical (unpaired) electrons. The quantitative estimate of drug-likeness (QED) is 0.520. The van der Waals surface area contributed by atoms with Crippen molar-refractivity contribution in [2.24, 2.45) is 0 Å². The first-order chi connectivity index (χ1) is 14.0. The lowest BCUT2D eigenvalue weighted by molar-refractivity contribution is -0.129. The van der Waals surface area contributed by atoms with E-state index in [-0.39, 0.29) is 12.2 Å². The van der Waals surface area contributed by atoms with Gasteiger partial charge in [0.05, 0.1) is 19.3 Å². The molecule has 0 bridgehead atoms. The molecule has 8 nitrogen and oxygen atoms in total. The van der Waals surface area contributed by atoms with Gasteiger partial charge in [0.25, 0.3) is 11.8 Å². The Morgan fingerprint density at radius 2 is 1.72 bits per heavy atom. The topological polar surface area (TPSA) is 103 Å². The van der Waals surface area contributed by atoms with Crippen LogP contribution >= 0.6 is 0 Å². The molecule has 0 aliphatic carbocycles. The van der Waals surface area contributed by atoms with Crippen molar-refractivity contribution in [3.8, 4) is 5.75 Å². The van der Waals surface area contributed by atoms with Crippen molar-refractivity contribution >= 4 is 17.8 Å². The fourth-order valence-corrected chi connectivity index (χ4v) is 2.39. The SMILES string of the molecule is CCOCc1cc(C(=O)O[C@@H](C)C(=O)NNC(=O)c2ccccc2)ccc1OC. The maximum atomic E-state index is 12.4. The molecule has 1 atom stereocenters. The van der Waals surface area contributed by atoms with E-state index in [2.05, 4.69) is 10.9 Å². The number of amides is 2. The third-order valence-corrected chi connectivity index (χ3v) is 3.97. The summed E-state index contributed by atoms with van der Waals surface area (Å²) in [6.07, 6.45) is -1.11. The number of benzene rings is 2. The third-order valence-electron chi connectivity index (χ3n) is 3.97. The predicted molar refractivity (Wildman–Crippen MR) is 105 cm³/mol. The number of methoxy groups -OCH3 is 1. The lowest BCUT2D eigenvalue weighted by Crippen LogP contribution is -2.46. The van der Waals surface area contributed by atoms with E-state index in [4.69, 9.17) is 14.2 Å². The molecule has 0 heterocycles. The van der Waals surface area contributed by atoms with Crippen LogP contribution in [-0.4, -0.2) is 37.6 Å². The molecule has 0 aliphatic heterocycles. The predicted octanol–water partition coefficient (Wildman–Crippen LogP) is 2.24. The molecule has 0 saturated heterocycles. The Kier molecular flexibility index (Phi) is 8.17. The highest BCUT2D eigenvalue weighted by Crippen LogP contribution is 2.21. The number of carbonyl (C=O) groups excluding carboxylic acids is 3. The summed E-state index contributed by atoms with van der Waals surface area (Å²) in [7, 11) is 1.53. The molecule has 0 unspecified atom stereocenters. The second kappa shape index (κ2) is 10.8. The maximum absolute atomic E-state index is 12.4. The fourth-order valence-electron chi connectivity index (χ4n) is 2.39. The first-order valence-corrected chi connectivity index (χ1v) is 9.07. The minimum absolute atomic E-state index is 0.258. The minimum Gasteiger partial charge on any atom is -0.496 e. The Bertz CT molecular complexity index is 854. The largest absolute Gasteiger partial charge is 0.496 e. The zero-order chi connectivity index (χ0) is 21.2. The summed E-state index contributed by atoms with van der Waals surface area (Å²) in [5, 5.41) is 0. The Hall–Kier alpha value is -3.39. The second-order valence-electron chi connectivity index (χ2n) is 6.02. The number of rotatable bonds is 8. The molecule has 8 heteroatoms. The number of nitrogens with one attached hydrogen (secondary N) is 2. The van der Waals surface area contributed by atoms with Crippen LogP contribution in [0.4, 0.5) is 0 Å². The van der Waals surface area contributed by atoms with Gasteiger partial charge in [-0.05, 0) is 44.2 Å². The van der Waals surface area contributed by atoms with Crippen molar-refractivity contribution in [3.05, 3.63) is 65.2 Å². The van der Waals surface area contributed by atoms with Crippen LogP contribution in [0.3, 0.4) is 0 Å². The summed E-state index contributed by atoms with van der Waals surface area (Å²) in [5.74, 6) is -1.23. The average molecular weight is 400 g/mol. The van der Waals surface area contributed by atoms with Crippen molar-refractivity contribution in [2.75, 3.05) is 13.7 Å². The highest BCUT2D eigenvalue weighted by Gasteiger charge is 2.20. The molecule has 2 N–H and O–H groups in total. The summed E-state index contributed by atoms with van der Waals surface area (Å²) in [4.78, 5) is 36.4. The first kappa shape index (κ1) is 21.9. The van der Waals surface area contributed by atoms with Crippen LogP contribution < -0.4 is 15.6 Å². The lowest BCUT2D eigenvalue weighted by Gasteiger charge is -2.15. The van der Waals surface area contributed by atoms with Gasteiger partial charge in [-0.1, -0.05) is 18.2 Å². The molecular formula is C21H24N2O6. The van der Waals surface area contributed by atoms with Crippen LogP contribution in [-0.2, 0) is 20.9 Å². The normalized spacial score (nSPS) is 11.3. The van der Waals surface area contributed by atoms with Crippen LogP contribution in [0.1, 0.15) is 40.1 Å². The highest BCUT2D eigenvalue weighted by atomic mass is 16.5. The van der Waals surface area contributed by atoms with Crippen molar-refractivity contribution in [3.63, 3.8) is 0 Å². The van der Waals surface area contributed by atoms with Crippen LogP contribution in [0.2, 0.25) is 0 Å².